The first-order valence-electron chi connectivity index (χ1n) is 10.1. The van der Waals surface area contributed by atoms with Crippen molar-refractivity contribution in [2.75, 3.05) is 6.54 Å². The lowest BCUT2D eigenvalue weighted by Crippen LogP contribution is -2.37. The Morgan fingerprint density at radius 2 is 1.94 bits per heavy atom. The lowest BCUT2D eigenvalue weighted by atomic mass is 10.0. The minimum Gasteiger partial charge on any atom is -0.411 e. The first-order chi connectivity index (χ1) is 16.0. The number of aromatic nitrogens is 2. The molecule has 172 valence electrons. The van der Waals surface area contributed by atoms with Crippen molar-refractivity contribution in [3.63, 3.8) is 0 Å². The van der Waals surface area contributed by atoms with Crippen LogP contribution in [0.4, 0.5) is 4.39 Å². The first kappa shape index (κ1) is 24.1. The minimum atomic E-state index is -0.388. The highest BCUT2D eigenvalue weighted by atomic mass is 79.9. The van der Waals surface area contributed by atoms with Crippen LogP contribution in [-0.4, -0.2) is 39.6 Å². The number of nitrogens with zero attached hydrogens (tertiary/aromatic N) is 4. The quantitative estimate of drug-likeness (QED) is 0.131. The van der Waals surface area contributed by atoms with E-state index < -0.39 is 0 Å². The molecule has 2 aromatic carbocycles. The van der Waals surface area contributed by atoms with E-state index in [2.05, 4.69) is 41.7 Å². The minimum absolute atomic E-state index is 0.0360. The molecule has 11 heteroatoms. The molecule has 0 aliphatic heterocycles. The van der Waals surface area contributed by atoms with Gasteiger partial charge in [0.15, 0.2) is 11.7 Å². The summed E-state index contributed by atoms with van der Waals surface area (Å²) in [5.41, 5.74) is 8.42. The van der Waals surface area contributed by atoms with E-state index in [1.807, 2.05) is 30.3 Å². The molecule has 9 nitrogen and oxygen atoms in total. The molecule has 1 heterocycles. The number of oxime groups is 1. The van der Waals surface area contributed by atoms with Crippen molar-refractivity contribution in [3.05, 3.63) is 81.3 Å². The highest BCUT2D eigenvalue weighted by Crippen LogP contribution is 2.19. The summed E-state index contributed by atoms with van der Waals surface area (Å²) in [6.45, 7) is 0.334. The van der Waals surface area contributed by atoms with Crippen LogP contribution < -0.4 is 11.1 Å². The van der Waals surface area contributed by atoms with Crippen LogP contribution in [0, 0.1) is 5.82 Å². The van der Waals surface area contributed by atoms with E-state index in [0.717, 1.165) is 5.56 Å². The van der Waals surface area contributed by atoms with Crippen molar-refractivity contribution in [1.29, 1.82) is 0 Å². The highest BCUT2D eigenvalue weighted by molar-refractivity contribution is 9.10. The topological polar surface area (TPSA) is 139 Å². The van der Waals surface area contributed by atoms with Gasteiger partial charge in [0.2, 0.25) is 5.91 Å². The highest BCUT2D eigenvalue weighted by Gasteiger charge is 2.18. The van der Waals surface area contributed by atoms with Gasteiger partial charge in [0.05, 0.1) is 10.9 Å². The molecule has 0 saturated carbocycles. The van der Waals surface area contributed by atoms with E-state index in [1.54, 1.807) is 12.1 Å². The molecule has 1 aromatic heterocycles. The van der Waals surface area contributed by atoms with Gasteiger partial charge in [-0.15, -0.1) is 0 Å². The Kier molecular flexibility index (Phi) is 8.64. The number of halogens is 2. The number of amides is 1. The molecule has 0 spiro atoms. The Hall–Kier alpha value is -3.60. The Morgan fingerprint density at radius 1 is 1.15 bits per heavy atom. The number of hydrogen-bond acceptors (Lipinski definition) is 7. The molecule has 1 amide bonds. The molecule has 0 atom stereocenters. The van der Waals surface area contributed by atoms with Gasteiger partial charge in [-0.25, -0.2) is 9.02 Å². The molecular formula is C22H22BrFN6O3. The number of hydrogen-bond donors (Lipinski definition) is 3. The van der Waals surface area contributed by atoms with Gasteiger partial charge in [-0.05, 0) is 57.2 Å². The Morgan fingerprint density at radius 3 is 2.67 bits per heavy atom. The van der Waals surface area contributed by atoms with Gasteiger partial charge in [0, 0.05) is 13.0 Å². The summed E-state index contributed by atoms with van der Waals surface area (Å²) in [5.74, 6) is -0.600. The van der Waals surface area contributed by atoms with E-state index in [-0.39, 0.29) is 36.2 Å². The second-order valence-electron chi connectivity index (χ2n) is 7.11. The molecule has 0 bridgehead atoms. The maximum Gasteiger partial charge on any atom is 0.231 e. The number of guanidine groups is 1. The van der Waals surface area contributed by atoms with Crippen molar-refractivity contribution in [3.8, 4) is 0 Å². The fourth-order valence-electron chi connectivity index (χ4n) is 3.05. The standard InChI is InChI=1S/C22H22BrFN6O3/c23-16-11-15(8-9-17(16)24)12-19(28-32)21-18(29-33-30-21)7-4-10-26-22(25)27-20(31)13-14-5-2-1-3-6-14/h1-3,5-6,8-9,11,32H,4,7,10,12-13H2,(H3,25,26,27,31)/b28-19+. The molecule has 0 saturated heterocycles. The second-order valence-corrected chi connectivity index (χ2v) is 7.97. The molecule has 0 fully saturated rings. The third-order valence-corrected chi connectivity index (χ3v) is 5.24. The average Bonchev–Trinajstić information content (AvgIpc) is 3.26. The van der Waals surface area contributed by atoms with E-state index in [4.69, 9.17) is 10.4 Å². The number of benzene rings is 2. The number of rotatable bonds is 9. The van der Waals surface area contributed by atoms with Crippen LogP contribution in [-0.2, 0) is 24.1 Å². The molecular weight excluding hydrogens is 495 g/mol. The summed E-state index contributed by atoms with van der Waals surface area (Å²) in [6.07, 6.45) is 1.38. The maximum atomic E-state index is 13.4. The van der Waals surface area contributed by atoms with Gasteiger partial charge in [-0.2, -0.15) is 0 Å². The van der Waals surface area contributed by atoms with Gasteiger partial charge >= 0.3 is 0 Å². The second kappa shape index (κ2) is 11.9. The van der Waals surface area contributed by atoms with Crippen LogP contribution in [0.2, 0.25) is 0 Å². The third-order valence-electron chi connectivity index (χ3n) is 4.63. The van der Waals surface area contributed by atoms with Crippen LogP contribution in [0.25, 0.3) is 0 Å². The van der Waals surface area contributed by atoms with E-state index in [0.29, 0.717) is 40.8 Å². The van der Waals surface area contributed by atoms with Crippen LogP contribution in [0.5, 0.6) is 0 Å². The lowest BCUT2D eigenvalue weighted by molar-refractivity contribution is -0.119. The van der Waals surface area contributed by atoms with Gasteiger partial charge < -0.3 is 10.9 Å². The first-order valence-corrected chi connectivity index (χ1v) is 10.9. The maximum absolute atomic E-state index is 13.4. The number of nitrogens with one attached hydrogen (secondary N) is 1. The van der Waals surface area contributed by atoms with Crippen molar-refractivity contribution in [1.82, 2.24) is 15.6 Å². The summed E-state index contributed by atoms with van der Waals surface area (Å²) in [4.78, 5) is 16.2. The summed E-state index contributed by atoms with van der Waals surface area (Å²) < 4.78 is 18.6. The molecule has 3 rings (SSSR count). The number of aliphatic imine (C=N–C) groups is 1. The molecule has 3 aromatic rings. The van der Waals surface area contributed by atoms with Gasteiger partial charge in [-0.3, -0.25) is 15.1 Å². The molecule has 4 N–H and O–H groups in total. The third kappa shape index (κ3) is 7.21. The predicted octanol–water partition coefficient (Wildman–Crippen LogP) is 3.00. The van der Waals surface area contributed by atoms with E-state index >= 15 is 0 Å². The average molecular weight is 517 g/mol. The summed E-state index contributed by atoms with van der Waals surface area (Å²) in [5, 5.41) is 23.0. The van der Waals surface area contributed by atoms with Crippen LogP contribution >= 0.6 is 15.9 Å². The van der Waals surface area contributed by atoms with Crippen molar-refractivity contribution >= 4 is 33.5 Å². The SMILES string of the molecule is NC(=NCCCc1nonc1/C(Cc1ccc(F)c(Br)c1)=N/O)NC(=O)Cc1ccccc1. The molecule has 0 aliphatic rings. The Bertz CT molecular complexity index is 1150. The fraction of sp³-hybridized carbons (Fsp3) is 0.227. The van der Waals surface area contributed by atoms with Crippen LogP contribution in [0.1, 0.15) is 28.9 Å². The number of carbonyl (C=O) groups excluding carboxylic acids is 1. The van der Waals surface area contributed by atoms with Gasteiger partial charge in [-0.1, -0.05) is 46.7 Å². The van der Waals surface area contributed by atoms with Crippen molar-refractivity contribution < 1.29 is 19.0 Å². The number of carbonyl (C=O) groups is 1. The molecule has 0 radical (unpaired) electrons. The zero-order chi connectivity index (χ0) is 23.6. The Balaban J connectivity index is 1.51. The zero-order valence-corrected chi connectivity index (χ0v) is 19.1. The lowest BCUT2D eigenvalue weighted by Gasteiger charge is -2.05. The normalized spacial score (nSPS) is 12.1. The predicted molar refractivity (Wildman–Crippen MR) is 124 cm³/mol. The largest absolute Gasteiger partial charge is 0.411 e. The zero-order valence-electron chi connectivity index (χ0n) is 17.5. The smallest absolute Gasteiger partial charge is 0.231 e. The number of nitrogens with two attached hydrogens (primary N) is 1. The number of aryl methyl sites for hydroxylation is 1. The fourth-order valence-corrected chi connectivity index (χ4v) is 3.48. The Labute approximate surface area is 197 Å². The molecule has 0 unspecified atom stereocenters. The van der Waals surface area contributed by atoms with E-state index in [9.17, 15) is 14.4 Å². The van der Waals surface area contributed by atoms with Gasteiger partial charge in [0.1, 0.15) is 17.2 Å². The van der Waals surface area contributed by atoms with Crippen molar-refractivity contribution in [2.24, 2.45) is 15.9 Å². The van der Waals surface area contributed by atoms with Crippen molar-refractivity contribution in [2.45, 2.75) is 25.7 Å². The summed E-state index contributed by atoms with van der Waals surface area (Å²) in [7, 11) is 0. The van der Waals surface area contributed by atoms with E-state index in [1.165, 1.54) is 6.07 Å². The van der Waals surface area contributed by atoms with Crippen LogP contribution in [0.15, 0.2) is 67.8 Å². The van der Waals surface area contributed by atoms with Gasteiger partial charge in [0.25, 0.3) is 0 Å². The molecule has 0 aliphatic carbocycles. The summed E-state index contributed by atoms with van der Waals surface area (Å²) >= 11 is 3.13. The van der Waals surface area contributed by atoms with Crippen LogP contribution in [0.3, 0.4) is 0 Å². The monoisotopic (exact) mass is 516 g/mol. The molecule has 33 heavy (non-hydrogen) atoms. The summed E-state index contributed by atoms with van der Waals surface area (Å²) in [6, 6.07) is 13.8.